The summed E-state index contributed by atoms with van der Waals surface area (Å²) in [6.07, 6.45) is -0.807. The van der Waals surface area contributed by atoms with Crippen molar-refractivity contribution in [1.82, 2.24) is 0 Å². The number of hydrogen-bond acceptors (Lipinski definition) is 7. The standard InChI is InChI=1S/C16H19BrO7/c1-9(18)22-14-6-5-12(7-15(14)21-4)13(17)8-16(23-10(2)19)24-11(3)20/h5-7,13,16H,8H2,1-4H3. The molecule has 8 heteroatoms. The van der Waals surface area contributed by atoms with Gasteiger partial charge in [-0.2, -0.15) is 0 Å². The molecule has 0 radical (unpaired) electrons. The van der Waals surface area contributed by atoms with Crippen LogP contribution < -0.4 is 9.47 Å². The van der Waals surface area contributed by atoms with E-state index in [2.05, 4.69) is 15.9 Å². The predicted octanol–water partition coefficient (Wildman–Crippen LogP) is 2.90. The maximum Gasteiger partial charge on any atom is 0.308 e. The van der Waals surface area contributed by atoms with Gasteiger partial charge in [0.15, 0.2) is 11.5 Å². The van der Waals surface area contributed by atoms with E-state index in [9.17, 15) is 14.4 Å². The van der Waals surface area contributed by atoms with Gasteiger partial charge in [0.1, 0.15) is 0 Å². The molecule has 0 spiro atoms. The van der Waals surface area contributed by atoms with E-state index in [0.29, 0.717) is 11.5 Å². The third-order valence-corrected chi connectivity index (χ3v) is 3.70. The number of rotatable bonds is 7. The Labute approximate surface area is 148 Å². The fraction of sp³-hybridized carbons (Fsp3) is 0.438. The van der Waals surface area contributed by atoms with Gasteiger partial charge in [-0.3, -0.25) is 14.4 Å². The van der Waals surface area contributed by atoms with Gasteiger partial charge in [0.25, 0.3) is 0 Å². The first-order valence-corrected chi connectivity index (χ1v) is 7.99. The quantitative estimate of drug-likeness (QED) is 0.299. The van der Waals surface area contributed by atoms with E-state index in [4.69, 9.17) is 18.9 Å². The van der Waals surface area contributed by atoms with Gasteiger partial charge in [0.05, 0.1) is 7.11 Å². The van der Waals surface area contributed by atoms with Crippen LogP contribution in [0, 0.1) is 0 Å². The lowest BCUT2D eigenvalue weighted by Crippen LogP contribution is -2.23. The van der Waals surface area contributed by atoms with Crippen molar-refractivity contribution in [2.75, 3.05) is 7.11 Å². The normalized spacial score (nSPS) is 11.6. The number of halogens is 1. The van der Waals surface area contributed by atoms with Crippen LogP contribution >= 0.6 is 15.9 Å². The minimum Gasteiger partial charge on any atom is -0.493 e. The van der Waals surface area contributed by atoms with Crippen LogP contribution in [0.4, 0.5) is 0 Å². The Morgan fingerprint density at radius 3 is 2.04 bits per heavy atom. The number of carbonyl (C=O) groups is 3. The second kappa shape index (κ2) is 9.27. The molecule has 1 rings (SSSR count). The van der Waals surface area contributed by atoms with E-state index >= 15 is 0 Å². The number of benzene rings is 1. The molecular formula is C16H19BrO7. The Balaban J connectivity index is 2.91. The molecule has 1 aromatic carbocycles. The largest absolute Gasteiger partial charge is 0.493 e. The molecule has 0 saturated carbocycles. The number of alkyl halides is 1. The van der Waals surface area contributed by atoms with Gasteiger partial charge in [-0.25, -0.2) is 0 Å². The van der Waals surface area contributed by atoms with Gasteiger partial charge in [0, 0.05) is 32.0 Å². The molecule has 1 aromatic rings. The highest BCUT2D eigenvalue weighted by Crippen LogP contribution is 2.35. The van der Waals surface area contributed by atoms with Crippen LogP contribution in [0.2, 0.25) is 0 Å². The number of esters is 3. The monoisotopic (exact) mass is 402 g/mol. The highest BCUT2D eigenvalue weighted by Gasteiger charge is 2.22. The lowest BCUT2D eigenvalue weighted by Gasteiger charge is -2.20. The predicted molar refractivity (Wildman–Crippen MR) is 87.9 cm³/mol. The highest BCUT2D eigenvalue weighted by atomic mass is 79.9. The summed E-state index contributed by atoms with van der Waals surface area (Å²) < 4.78 is 20.2. The molecular weight excluding hydrogens is 384 g/mol. The van der Waals surface area contributed by atoms with E-state index in [1.54, 1.807) is 18.2 Å². The summed E-state index contributed by atoms with van der Waals surface area (Å²) in [6.45, 7) is 3.76. The van der Waals surface area contributed by atoms with Crippen LogP contribution in [0.15, 0.2) is 18.2 Å². The molecule has 0 aliphatic heterocycles. The Hall–Kier alpha value is -2.09. The summed E-state index contributed by atoms with van der Waals surface area (Å²) in [5, 5.41) is 0. The van der Waals surface area contributed by atoms with Crippen LogP contribution in [0.25, 0.3) is 0 Å². The Morgan fingerprint density at radius 1 is 1.00 bits per heavy atom. The summed E-state index contributed by atoms with van der Waals surface area (Å²) in [7, 11) is 1.45. The van der Waals surface area contributed by atoms with Gasteiger partial charge in [-0.05, 0) is 17.7 Å². The molecule has 0 bridgehead atoms. The third kappa shape index (κ3) is 6.57. The molecule has 1 atom stereocenters. The third-order valence-electron chi connectivity index (χ3n) is 2.80. The van der Waals surface area contributed by atoms with Crippen molar-refractivity contribution in [1.29, 1.82) is 0 Å². The highest BCUT2D eigenvalue weighted by molar-refractivity contribution is 9.09. The molecule has 0 amide bonds. The lowest BCUT2D eigenvalue weighted by atomic mass is 10.1. The Morgan fingerprint density at radius 2 is 1.58 bits per heavy atom. The Bertz CT molecular complexity index is 598. The van der Waals surface area contributed by atoms with Gasteiger partial charge in [0.2, 0.25) is 6.29 Å². The summed E-state index contributed by atoms with van der Waals surface area (Å²) in [5.74, 6) is -0.887. The topological polar surface area (TPSA) is 88.1 Å². The first-order valence-electron chi connectivity index (χ1n) is 7.07. The summed E-state index contributed by atoms with van der Waals surface area (Å²) in [5.41, 5.74) is 0.770. The number of methoxy groups -OCH3 is 1. The molecule has 0 N–H and O–H groups in total. The van der Waals surface area contributed by atoms with Crippen LogP contribution in [-0.4, -0.2) is 31.3 Å². The molecule has 0 fully saturated rings. The average Bonchev–Trinajstić information content (AvgIpc) is 2.45. The molecule has 1 unspecified atom stereocenters. The van der Waals surface area contributed by atoms with E-state index in [1.807, 2.05) is 0 Å². The Kier molecular flexibility index (Phi) is 7.70. The number of ether oxygens (including phenoxy) is 4. The van der Waals surface area contributed by atoms with E-state index in [0.717, 1.165) is 5.56 Å². The van der Waals surface area contributed by atoms with Crippen LogP contribution in [0.5, 0.6) is 11.5 Å². The number of hydrogen-bond donors (Lipinski definition) is 0. The zero-order valence-electron chi connectivity index (χ0n) is 13.8. The average molecular weight is 403 g/mol. The first kappa shape index (κ1) is 20.0. The molecule has 0 aliphatic rings. The zero-order valence-corrected chi connectivity index (χ0v) is 15.4. The molecule has 0 aliphatic carbocycles. The zero-order chi connectivity index (χ0) is 18.3. The molecule has 24 heavy (non-hydrogen) atoms. The maximum atomic E-state index is 11.1. The van der Waals surface area contributed by atoms with E-state index in [-0.39, 0.29) is 11.2 Å². The van der Waals surface area contributed by atoms with Crippen molar-refractivity contribution in [3.63, 3.8) is 0 Å². The molecule has 0 aromatic heterocycles. The van der Waals surface area contributed by atoms with Crippen LogP contribution in [0.3, 0.4) is 0 Å². The summed E-state index contributed by atoms with van der Waals surface area (Å²) in [6, 6.07) is 4.99. The fourth-order valence-electron chi connectivity index (χ4n) is 1.91. The molecule has 0 heterocycles. The van der Waals surface area contributed by atoms with Gasteiger partial charge < -0.3 is 18.9 Å². The first-order chi connectivity index (χ1) is 11.2. The second-order valence-electron chi connectivity index (χ2n) is 4.86. The van der Waals surface area contributed by atoms with Gasteiger partial charge >= 0.3 is 17.9 Å². The van der Waals surface area contributed by atoms with Crippen LogP contribution in [0.1, 0.15) is 37.6 Å². The minimum atomic E-state index is -1.01. The van der Waals surface area contributed by atoms with Crippen molar-refractivity contribution < 1.29 is 33.3 Å². The number of carbonyl (C=O) groups excluding carboxylic acids is 3. The van der Waals surface area contributed by atoms with Crippen LogP contribution in [-0.2, 0) is 23.9 Å². The molecule has 7 nitrogen and oxygen atoms in total. The SMILES string of the molecule is COc1cc(C(Br)CC(OC(C)=O)OC(C)=O)ccc1OC(C)=O. The van der Waals surface area contributed by atoms with Crippen molar-refractivity contribution in [3.05, 3.63) is 23.8 Å². The van der Waals surface area contributed by atoms with E-state index < -0.39 is 24.2 Å². The maximum absolute atomic E-state index is 11.1. The smallest absolute Gasteiger partial charge is 0.308 e. The van der Waals surface area contributed by atoms with Crippen molar-refractivity contribution in [2.45, 2.75) is 38.3 Å². The van der Waals surface area contributed by atoms with Gasteiger partial charge in [-0.1, -0.05) is 22.0 Å². The van der Waals surface area contributed by atoms with E-state index in [1.165, 1.54) is 27.9 Å². The molecule has 132 valence electrons. The second-order valence-corrected chi connectivity index (χ2v) is 5.96. The van der Waals surface area contributed by atoms with Crippen molar-refractivity contribution in [2.24, 2.45) is 0 Å². The van der Waals surface area contributed by atoms with Crippen molar-refractivity contribution in [3.8, 4) is 11.5 Å². The molecule has 0 saturated heterocycles. The fourth-order valence-corrected chi connectivity index (χ4v) is 2.50. The summed E-state index contributed by atoms with van der Waals surface area (Å²) >= 11 is 3.46. The van der Waals surface area contributed by atoms with Crippen molar-refractivity contribution >= 4 is 33.8 Å². The minimum absolute atomic E-state index is 0.204. The lowest BCUT2D eigenvalue weighted by molar-refractivity contribution is -0.185. The summed E-state index contributed by atoms with van der Waals surface area (Å²) in [4.78, 5) is 33.0. The van der Waals surface area contributed by atoms with Gasteiger partial charge in [-0.15, -0.1) is 0 Å².